The van der Waals surface area contributed by atoms with E-state index in [-0.39, 0.29) is 18.0 Å². The number of rotatable bonds is 7. The van der Waals surface area contributed by atoms with Crippen LogP contribution in [0.25, 0.3) is 0 Å². The maximum Gasteiger partial charge on any atom is 0.204 e. The summed E-state index contributed by atoms with van der Waals surface area (Å²) in [5, 5.41) is 23.3. The molecule has 0 bridgehead atoms. The minimum Gasteiger partial charge on any atom is -0.385 e. The number of carbonyl (C=O) groups is 1. The lowest BCUT2D eigenvalue weighted by Crippen LogP contribution is -2.46. The van der Waals surface area contributed by atoms with Gasteiger partial charge < -0.3 is 10.2 Å². The zero-order valence-corrected chi connectivity index (χ0v) is 22.1. The highest BCUT2D eigenvalue weighted by molar-refractivity contribution is 7.82. The first-order valence-electron chi connectivity index (χ1n) is 12.0. The number of Topliss-reactive ketones (excluding diaryl/α,β-unsaturated/α-hetero) is 1. The molecule has 4 rings (SSSR count). The van der Waals surface area contributed by atoms with Gasteiger partial charge in [-0.1, -0.05) is 47.5 Å². The van der Waals surface area contributed by atoms with Crippen LogP contribution in [-0.4, -0.2) is 38.9 Å². The quantitative estimate of drug-likeness (QED) is 0.200. The first-order chi connectivity index (χ1) is 17.0. The van der Waals surface area contributed by atoms with Crippen molar-refractivity contribution in [2.75, 3.05) is 13.1 Å². The average Bonchev–Trinajstić information content (AvgIpc) is 2.85. The Labute approximate surface area is 222 Å². The molecule has 4 nitrogen and oxygen atoms in total. The summed E-state index contributed by atoms with van der Waals surface area (Å²) in [6.07, 6.45) is 1.02. The van der Waals surface area contributed by atoms with Gasteiger partial charge in [0.2, 0.25) is 5.78 Å². The molecular formula is C29H31ClFNO3S. The van der Waals surface area contributed by atoms with Crippen molar-refractivity contribution >= 4 is 30.0 Å². The third-order valence-corrected chi connectivity index (χ3v) is 7.83. The maximum atomic E-state index is 13.4. The first-order valence-corrected chi connectivity index (χ1v) is 12.9. The van der Waals surface area contributed by atoms with E-state index in [9.17, 15) is 19.4 Å². The predicted octanol–water partition coefficient (Wildman–Crippen LogP) is 6.01. The summed E-state index contributed by atoms with van der Waals surface area (Å²) in [6, 6.07) is 18.2. The summed E-state index contributed by atoms with van der Waals surface area (Å²) in [6.45, 7) is 5.14. The monoisotopic (exact) mass is 527 g/mol. The Bertz CT molecular complexity index is 1220. The highest BCUT2D eigenvalue weighted by Crippen LogP contribution is 2.41. The van der Waals surface area contributed by atoms with E-state index in [0.717, 1.165) is 22.3 Å². The molecular weight excluding hydrogens is 497 g/mol. The lowest BCUT2D eigenvalue weighted by atomic mass is 9.82. The fraction of sp³-hybridized carbons (Fsp3) is 0.345. The van der Waals surface area contributed by atoms with Gasteiger partial charge >= 0.3 is 0 Å². The molecule has 0 aliphatic carbocycles. The molecule has 1 fully saturated rings. The SMILES string of the molecule is Cc1ccc(C)c(C(CC(O)(S)C(=O)c2ccc(F)cc2)N2CCC(O)(c3ccc(Cl)cc3)CC2)c1. The fourth-order valence-corrected chi connectivity index (χ4v) is 5.43. The summed E-state index contributed by atoms with van der Waals surface area (Å²) >= 11 is 10.4. The number of likely N-dealkylation sites (tertiary alicyclic amines) is 1. The van der Waals surface area contributed by atoms with Crippen LogP contribution in [0, 0.1) is 19.7 Å². The van der Waals surface area contributed by atoms with E-state index < -0.39 is 22.1 Å². The molecule has 3 aromatic carbocycles. The molecule has 0 aromatic heterocycles. The van der Waals surface area contributed by atoms with Crippen LogP contribution in [0.15, 0.2) is 66.7 Å². The lowest BCUT2D eigenvalue weighted by Gasteiger charge is -2.43. The zero-order valence-electron chi connectivity index (χ0n) is 20.4. The van der Waals surface area contributed by atoms with E-state index in [1.54, 1.807) is 12.1 Å². The molecule has 1 saturated heterocycles. The smallest absolute Gasteiger partial charge is 0.204 e. The minimum atomic E-state index is -1.97. The van der Waals surface area contributed by atoms with E-state index in [1.807, 2.05) is 38.1 Å². The van der Waals surface area contributed by atoms with Gasteiger partial charge in [0.15, 0.2) is 4.93 Å². The number of aliphatic hydroxyl groups is 2. The van der Waals surface area contributed by atoms with Crippen molar-refractivity contribution in [1.29, 1.82) is 0 Å². The summed E-state index contributed by atoms with van der Waals surface area (Å²) in [5.41, 5.74) is 3.17. The summed E-state index contributed by atoms with van der Waals surface area (Å²) in [5.74, 6) is -1.03. The standard InChI is InChI=1S/C29H31ClFNO3S/c1-19-3-4-20(2)25(17-19)26(18-29(35,36)27(33)21-5-11-24(31)12-6-21)32-15-13-28(34,14-16-32)22-7-9-23(30)10-8-22/h3-12,17,26,34-36H,13-16,18H2,1-2H3. The molecule has 190 valence electrons. The number of benzene rings is 3. The molecule has 2 atom stereocenters. The molecule has 0 radical (unpaired) electrons. The Morgan fingerprint density at radius 2 is 1.69 bits per heavy atom. The second-order valence-corrected chi connectivity index (χ2v) is 11.0. The molecule has 0 amide bonds. The van der Waals surface area contributed by atoms with E-state index in [4.69, 9.17) is 11.6 Å². The zero-order chi connectivity index (χ0) is 26.1. The predicted molar refractivity (Wildman–Crippen MR) is 144 cm³/mol. The average molecular weight is 528 g/mol. The van der Waals surface area contributed by atoms with Gasteiger partial charge in [-0.3, -0.25) is 9.69 Å². The van der Waals surface area contributed by atoms with E-state index in [1.165, 1.54) is 24.3 Å². The van der Waals surface area contributed by atoms with E-state index >= 15 is 0 Å². The van der Waals surface area contributed by atoms with Gasteiger partial charge in [-0.15, -0.1) is 12.6 Å². The van der Waals surface area contributed by atoms with Crippen LogP contribution in [0.5, 0.6) is 0 Å². The summed E-state index contributed by atoms with van der Waals surface area (Å²) < 4.78 is 13.4. The minimum absolute atomic E-state index is 0.0377. The fourth-order valence-electron chi connectivity index (χ4n) is 5.00. The van der Waals surface area contributed by atoms with Crippen molar-refractivity contribution in [3.05, 3.63) is 105 Å². The first kappa shape index (κ1) is 26.8. The number of hydrogen-bond acceptors (Lipinski definition) is 5. The normalized spacial score (nSPS) is 18.4. The number of hydrogen-bond donors (Lipinski definition) is 3. The van der Waals surface area contributed by atoms with Gasteiger partial charge in [0, 0.05) is 36.1 Å². The Morgan fingerprint density at radius 1 is 1.08 bits per heavy atom. The number of carbonyl (C=O) groups excluding carboxylic acids is 1. The van der Waals surface area contributed by atoms with Crippen molar-refractivity contribution in [2.24, 2.45) is 0 Å². The van der Waals surface area contributed by atoms with Crippen LogP contribution in [0.3, 0.4) is 0 Å². The van der Waals surface area contributed by atoms with Crippen LogP contribution < -0.4 is 0 Å². The van der Waals surface area contributed by atoms with Crippen molar-refractivity contribution in [3.8, 4) is 0 Å². The summed E-state index contributed by atoms with van der Waals surface area (Å²) in [4.78, 5) is 13.4. The lowest BCUT2D eigenvalue weighted by molar-refractivity contribution is -0.0414. The Hall–Kier alpha value is -2.22. The molecule has 2 unspecified atom stereocenters. The molecule has 7 heteroatoms. The molecule has 0 saturated carbocycles. The van der Waals surface area contributed by atoms with E-state index in [2.05, 4.69) is 23.6 Å². The molecule has 36 heavy (non-hydrogen) atoms. The van der Waals surface area contributed by atoms with Gasteiger partial charge in [0.05, 0.1) is 5.60 Å². The largest absolute Gasteiger partial charge is 0.385 e. The Balaban J connectivity index is 1.61. The van der Waals surface area contributed by atoms with Crippen molar-refractivity contribution in [3.63, 3.8) is 0 Å². The third-order valence-electron chi connectivity index (χ3n) is 7.19. The van der Waals surface area contributed by atoms with Crippen LogP contribution in [-0.2, 0) is 5.60 Å². The van der Waals surface area contributed by atoms with Gasteiger partial charge in [0.1, 0.15) is 5.82 Å². The molecule has 1 heterocycles. The molecule has 0 spiro atoms. The van der Waals surface area contributed by atoms with Gasteiger partial charge in [0.25, 0.3) is 0 Å². The topological polar surface area (TPSA) is 60.8 Å². The second-order valence-electron chi connectivity index (χ2n) is 9.81. The molecule has 1 aliphatic rings. The molecule has 2 N–H and O–H groups in total. The van der Waals surface area contributed by atoms with Gasteiger partial charge in [-0.05, 0) is 79.8 Å². The Morgan fingerprint density at radius 3 is 2.31 bits per heavy atom. The Kier molecular flexibility index (Phi) is 7.93. The van der Waals surface area contributed by atoms with Crippen LogP contribution in [0.4, 0.5) is 4.39 Å². The number of thiol groups is 1. The highest BCUT2D eigenvalue weighted by Gasteiger charge is 2.41. The number of aryl methyl sites for hydroxylation is 2. The van der Waals surface area contributed by atoms with Crippen LogP contribution in [0.2, 0.25) is 5.02 Å². The number of piperidine rings is 1. The second kappa shape index (κ2) is 10.6. The maximum absolute atomic E-state index is 13.4. The number of nitrogens with zero attached hydrogens (tertiary/aromatic N) is 1. The molecule has 3 aromatic rings. The highest BCUT2D eigenvalue weighted by atomic mass is 35.5. The number of halogens is 2. The van der Waals surface area contributed by atoms with Crippen molar-refractivity contribution in [1.82, 2.24) is 4.90 Å². The van der Waals surface area contributed by atoms with E-state index in [0.29, 0.717) is 31.0 Å². The van der Waals surface area contributed by atoms with Crippen LogP contribution in [0.1, 0.15) is 57.9 Å². The van der Waals surface area contributed by atoms with Crippen molar-refractivity contribution in [2.45, 2.75) is 49.7 Å². The van der Waals surface area contributed by atoms with Crippen LogP contribution >= 0.6 is 24.2 Å². The van der Waals surface area contributed by atoms with Gasteiger partial charge in [-0.25, -0.2) is 4.39 Å². The molecule has 1 aliphatic heterocycles. The van der Waals surface area contributed by atoms with Crippen molar-refractivity contribution < 1.29 is 19.4 Å². The summed E-state index contributed by atoms with van der Waals surface area (Å²) in [7, 11) is 0. The third kappa shape index (κ3) is 5.84. The number of ketones is 1. The van der Waals surface area contributed by atoms with Gasteiger partial charge in [-0.2, -0.15) is 0 Å².